The summed E-state index contributed by atoms with van der Waals surface area (Å²) in [6, 6.07) is 1.04. The minimum atomic E-state index is -0.984. The van der Waals surface area contributed by atoms with E-state index in [0.29, 0.717) is 12.1 Å². The molecule has 8 nitrogen and oxygen atoms in total. The summed E-state index contributed by atoms with van der Waals surface area (Å²) in [7, 11) is 0. The van der Waals surface area contributed by atoms with Gasteiger partial charge in [0.25, 0.3) is 0 Å². The zero-order valence-electron chi connectivity index (χ0n) is 7.28. The molecule has 9 heteroatoms. The van der Waals surface area contributed by atoms with Gasteiger partial charge in [0, 0.05) is 54.9 Å². The van der Waals surface area contributed by atoms with E-state index in [0.717, 1.165) is 0 Å². The van der Waals surface area contributed by atoms with E-state index in [1.165, 1.54) is 0 Å². The standard InChI is InChI=1S/C6H4N2O6.Ba/c9-5-2-6(10)4(8(13)14)1-3(5)7(11)12;/h1-2,9-10H;. The molecule has 0 heterocycles. The van der Waals surface area contributed by atoms with Gasteiger partial charge >= 0.3 is 11.4 Å². The summed E-state index contributed by atoms with van der Waals surface area (Å²) in [5.41, 5.74) is -1.65. The smallest absolute Gasteiger partial charge is 0.317 e. The Kier molecular flexibility index (Phi) is 5.04. The molecular weight excluding hydrogens is 333 g/mol. The molecular formula is C6H4BaN2O6. The van der Waals surface area contributed by atoms with Crippen LogP contribution in [-0.2, 0) is 0 Å². The van der Waals surface area contributed by atoms with Crippen molar-refractivity contribution in [1.82, 2.24) is 0 Å². The SMILES string of the molecule is O=[N+]([O-])c1cc([N+](=O)[O-])c(O)cc1O.[Ba]. The quantitative estimate of drug-likeness (QED) is 0.460. The van der Waals surface area contributed by atoms with Gasteiger partial charge in [-0.25, -0.2) is 0 Å². The predicted octanol–water partition coefficient (Wildman–Crippen LogP) is 0.533. The van der Waals surface area contributed by atoms with Gasteiger partial charge in [0.2, 0.25) is 0 Å². The largest absolute Gasteiger partial charge is 0.502 e. The van der Waals surface area contributed by atoms with Crippen molar-refractivity contribution in [3.05, 3.63) is 32.4 Å². The number of benzene rings is 1. The molecule has 0 amide bonds. The van der Waals surface area contributed by atoms with E-state index < -0.39 is 32.7 Å². The maximum Gasteiger partial charge on any atom is 0.317 e. The van der Waals surface area contributed by atoms with Gasteiger partial charge in [-0.05, 0) is 0 Å². The molecule has 0 bridgehead atoms. The third-order valence-electron chi connectivity index (χ3n) is 1.47. The zero-order chi connectivity index (χ0) is 10.9. The van der Waals surface area contributed by atoms with Gasteiger partial charge in [-0.15, -0.1) is 0 Å². The molecule has 0 aliphatic carbocycles. The summed E-state index contributed by atoms with van der Waals surface area (Å²) < 4.78 is 0. The van der Waals surface area contributed by atoms with Crippen LogP contribution >= 0.6 is 0 Å². The Labute approximate surface area is 123 Å². The van der Waals surface area contributed by atoms with Gasteiger partial charge in [-0.3, -0.25) is 20.2 Å². The second kappa shape index (κ2) is 5.32. The minimum absolute atomic E-state index is 0. The monoisotopic (exact) mass is 338 g/mol. The van der Waals surface area contributed by atoms with Crippen LogP contribution in [0.5, 0.6) is 11.5 Å². The average Bonchev–Trinajstić information content (AvgIpc) is 2.02. The van der Waals surface area contributed by atoms with Crippen LogP contribution in [0.1, 0.15) is 0 Å². The average molecular weight is 337 g/mol. The fraction of sp³-hybridized carbons (Fsp3) is 0. The fourth-order valence-corrected chi connectivity index (χ4v) is 0.847. The van der Waals surface area contributed by atoms with Crippen molar-refractivity contribution in [3.8, 4) is 11.5 Å². The number of nitrogens with zero attached hydrogens (tertiary/aromatic N) is 2. The van der Waals surface area contributed by atoms with E-state index in [-0.39, 0.29) is 48.9 Å². The van der Waals surface area contributed by atoms with Crippen molar-refractivity contribution >= 4 is 60.3 Å². The first-order valence-corrected chi connectivity index (χ1v) is 3.28. The van der Waals surface area contributed by atoms with Crippen molar-refractivity contribution in [1.29, 1.82) is 0 Å². The second-order valence-corrected chi connectivity index (χ2v) is 2.34. The number of nitro groups is 2. The number of phenols is 2. The molecule has 0 atom stereocenters. The van der Waals surface area contributed by atoms with E-state index in [9.17, 15) is 20.2 Å². The molecule has 0 saturated carbocycles. The fourth-order valence-electron chi connectivity index (χ4n) is 0.847. The summed E-state index contributed by atoms with van der Waals surface area (Å²) in [6.07, 6.45) is 0. The Morgan fingerprint density at radius 2 is 1.27 bits per heavy atom. The van der Waals surface area contributed by atoms with Gasteiger partial charge in [0.1, 0.15) is 6.07 Å². The molecule has 0 saturated heterocycles. The molecule has 1 aromatic rings. The Balaban J connectivity index is 0.00000196. The maximum absolute atomic E-state index is 10.2. The number of hydrogen-bond donors (Lipinski definition) is 2. The van der Waals surface area contributed by atoms with E-state index in [1.54, 1.807) is 0 Å². The normalized spacial score (nSPS) is 9.07. The maximum atomic E-state index is 10.2. The number of hydrogen-bond acceptors (Lipinski definition) is 6. The Bertz CT molecular complexity index is 385. The van der Waals surface area contributed by atoms with Gasteiger partial charge in [-0.1, -0.05) is 0 Å². The zero-order valence-corrected chi connectivity index (χ0v) is 11.7. The molecule has 0 aromatic heterocycles. The molecule has 0 aliphatic heterocycles. The van der Waals surface area contributed by atoms with Gasteiger partial charge in [0.15, 0.2) is 11.5 Å². The van der Waals surface area contributed by atoms with Crippen LogP contribution in [0, 0.1) is 20.2 Å². The summed E-state index contributed by atoms with van der Waals surface area (Å²) in [5.74, 6) is -1.64. The van der Waals surface area contributed by atoms with Gasteiger partial charge in [0.05, 0.1) is 9.85 Å². The molecule has 2 radical (unpaired) electrons. The Hall–Kier alpha value is -0.809. The first kappa shape index (κ1) is 14.2. The molecule has 0 spiro atoms. The topological polar surface area (TPSA) is 127 Å². The first-order valence-electron chi connectivity index (χ1n) is 3.28. The molecule has 1 aromatic carbocycles. The van der Waals surface area contributed by atoms with Crippen LogP contribution in [0.4, 0.5) is 11.4 Å². The van der Waals surface area contributed by atoms with Crippen molar-refractivity contribution in [2.75, 3.05) is 0 Å². The van der Waals surface area contributed by atoms with Crippen molar-refractivity contribution < 1.29 is 20.1 Å². The molecule has 15 heavy (non-hydrogen) atoms. The molecule has 0 unspecified atom stereocenters. The van der Waals surface area contributed by atoms with E-state index >= 15 is 0 Å². The third-order valence-corrected chi connectivity index (χ3v) is 1.47. The molecule has 0 fully saturated rings. The third kappa shape index (κ3) is 3.07. The van der Waals surface area contributed by atoms with E-state index in [2.05, 4.69) is 0 Å². The van der Waals surface area contributed by atoms with Crippen molar-refractivity contribution in [2.24, 2.45) is 0 Å². The first-order chi connectivity index (χ1) is 6.43. The van der Waals surface area contributed by atoms with Crippen molar-refractivity contribution in [3.63, 3.8) is 0 Å². The predicted molar refractivity (Wildman–Crippen MR) is 48.8 cm³/mol. The van der Waals surface area contributed by atoms with Crippen LogP contribution in [0.3, 0.4) is 0 Å². The summed E-state index contributed by atoms with van der Waals surface area (Å²) in [6.45, 7) is 0. The molecule has 0 aliphatic rings. The van der Waals surface area contributed by atoms with Crippen LogP contribution in [-0.4, -0.2) is 68.9 Å². The summed E-state index contributed by atoms with van der Waals surface area (Å²) in [5, 5.41) is 38.4. The van der Waals surface area contributed by atoms with Crippen LogP contribution in [0.25, 0.3) is 0 Å². The molecule has 1 rings (SSSR count). The van der Waals surface area contributed by atoms with E-state index in [1.807, 2.05) is 0 Å². The summed E-state index contributed by atoms with van der Waals surface area (Å²) in [4.78, 5) is 18.5. The number of rotatable bonds is 2. The number of phenolic OH excluding ortho intramolecular Hbond substituents is 2. The number of nitro benzene ring substituents is 2. The summed E-state index contributed by atoms with van der Waals surface area (Å²) >= 11 is 0. The van der Waals surface area contributed by atoms with Crippen LogP contribution < -0.4 is 0 Å². The Morgan fingerprint density at radius 3 is 1.53 bits per heavy atom. The number of aromatic hydroxyl groups is 2. The van der Waals surface area contributed by atoms with E-state index in [4.69, 9.17) is 10.2 Å². The second-order valence-electron chi connectivity index (χ2n) is 2.34. The molecule has 2 N–H and O–H groups in total. The van der Waals surface area contributed by atoms with Gasteiger partial charge < -0.3 is 10.2 Å². The minimum Gasteiger partial charge on any atom is -0.502 e. The van der Waals surface area contributed by atoms with Crippen LogP contribution in [0.2, 0.25) is 0 Å². The van der Waals surface area contributed by atoms with Crippen molar-refractivity contribution in [2.45, 2.75) is 0 Å². The molecule has 76 valence electrons. The van der Waals surface area contributed by atoms with Gasteiger partial charge in [-0.2, -0.15) is 0 Å². The Morgan fingerprint density at radius 1 is 0.933 bits per heavy atom. The van der Waals surface area contributed by atoms with Crippen LogP contribution in [0.15, 0.2) is 12.1 Å².